The second-order valence-electron chi connectivity index (χ2n) is 7.07. The normalized spacial score (nSPS) is 10.5. The van der Waals surface area contributed by atoms with Crippen molar-refractivity contribution in [3.8, 4) is 10.6 Å². The van der Waals surface area contributed by atoms with Crippen molar-refractivity contribution < 1.29 is 9.59 Å². The van der Waals surface area contributed by atoms with E-state index in [0.717, 1.165) is 21.8 Å². The third kappa shape index (κ3) is 5.90. The van der Waals surface area contributed by atoms with Crippen LogP contribution in [0.1, 0.15) is 30.2 Å². The molecule has 0 aliphatic rings. The van der Waals surface area contributed by atoms with Crippen molar-refractivity contribution in [3.63, 3.8) is 0 Å². The number of anilines is 2. The van der Waals surface area contributed by atoms with E-state index < -0.39 is 0 Å². The summed E-state index contributed by atoms with van der Waals surface area (Å²) in [7, 11) is 0. The quantitative estimate of drug-likeness (QED) is 0.493. The molecule has 0 saturated heterocycles. The lowest BCUT2D eigenvalue weighted by Gasteiger charge is -2.12. The number of nitrogens with zero attached hydrogens (tertiary/aromatic N) is 1. The number of aromatic nitrogens is 1. The number of carbonyl (C=O) groups is 2. The zero-order valence-corrected chi connectivity index (χ0v) is 18.2. The van der Waals surface area contributed by atoms with Crippen molar-refractivity contribution in [1.82, 2.24) is 10.3 Å². The van der Waals surface area contributed by atoms with Crippen LogP contribution in [0.25, 0.3) is 10.6 Å². The van der Waals surface area contributed by atoms with Crippen molar-refractivity contribution in [2.24, 2.45) is 0 Å². The largest absolute Gasteiger partial charge is 0.337 e. The third-order valence-corrected chi connectivity index (χ3v) is 5.55. The van der Waals surface area contributed by atoms with Gasteiger partial charge < -0.3 is 16.0 Å². The van der Waals surface area contributed by atoms with Crippen LogP contribution in [0.5, 0.6) is 0 Å². The van der Waals surface area contributed by atoms with E-state index in [-0.39, 0.29) is 11.9 Å². The van der Waals surface area contributed by atoms with E-state index in [1.54, 1.807) is 24.3 Å². The summed E-state index contributed by atoms with van der Waals surface area (Å²) >= 11 is 1.61. The van der Waals surface area contributed by atoms with E-state index in [2.05, 4.69) is 52.1 Å². The van der Waals surface area contributed by atoms with E-state index in [1.165, 1.54) is 5.56 Å². The van der Waals surface area contributed by atoms with Crippen LogP contribution in [0.4, 0.5) is 16.2 Å². The number of aryl methyl sites for hydroxylation is 2. The van der Waals surface area contributed by atoms with Crippen LogP contribution >= 0.6 is 11.3 Å². The van der Waals surface area contributed by atoms with Crippen LogP contribution in [-0.4, -0.2) is 23.5 Å². The Morgan fingerprint density at radius 3 is 2.53 bits per heavy atom. The summed E-state index contributed by atoms with van der Waals surface area (Å²) in [5, 5.41) is 11.5. The zero-order chi connectivity index (χ0) is 21.5. The van der Waals surface area contributed by atoms with E-state index in [0.29, 0.717) is 30.8 Å². The Labute approximate surface area is 180 Å². The number of hydrogen-bond acceptors (Lipinski definition) is 4. The van der Waals surface area contributed by atoms with Gasteiger partial charge in [0.25, 0.3) is 0 Å². The molecule has 0 spiro atoms. The first-order valence-corrected chi connectivity index (χ1v) is 10.8. The van der Waals surface area contributed by atoms with Crippen LogP contribution in [0.15, 0.2) is 47.8 Å². The van der Waals surface area contributed by atoms with Gasteiger partial charge in [-0.2, -0.15) is 0 Å². The minimum atomic E-state index is -0.286. The second-order valence-corrected chi connectivity index (χ2v) is 7.93. The molecule has 0 bridgehead atoms. The van der Waals surface area contributed by atoms with Crippen molar-refractivity contribution >= 4 is 34.6 Å². The van der Waals surface area contributed by atoms with E-state index >= 15 is 0 Å². The Hall–Kier alpha value is -3.19. The fraction of sp³-hybridized carbons (Fsp3) is 0.261. The number of hydrogen-bond donors (Lipinski definition) is 3. The molecule has 2 aromatic carbocycles. The lowest BCUT2D eigenvalue weighted by molar-refractivity contribution is -0.115. The van der Waals surface area contributed by atoms with Crippen molar-refractivity contribution in [1.29, 1.82) is 0 Å². The molecule has 1 aromatic heterocycles. The standard InChI is InChI=1S/C23H26N4O2S/c1-4-21(28)25-18-10-7-16(3)20(13-18)27-23(29)24-12-11-19-14-30-22(26-19)17-8-5-15(2)6-9-17/h5-10,13-14H,4,11-12H2,1-3H3,(H,25,28)(H2,24,27,29). The Morgan fingerprint density at radius 2 is 1.80 bits per heavy atom. The van der Waals surface area contributed by atoms with Gasteiger partial charge >= 0.3 is 6.03 Å². The molecule has 3 rings (SSSR count). The molecule has 30 heavy (non-hydrogen) atoms. The number of carbonyl (C=O) groups excluding carboxylic acids is 2. The van der Waals surface area contributed by atoms with Gasteiger partial charge in [-0.25, -0.2) is 9.78 Å². The molecule has 7 heteroatoms. The fourth-order valence-electron chi connectivity index (χ4n) is 2.80. The smallest absolute Gasteiger partial charge is 0.319 e. The van der Waals surface area contributed by atoms with Crippen molar-refractivity contribution in [3.05, 3.63) is 64.7 Å². The Balaban J connectivity index is 1.51. The highest BCUT2D eigenvalue weighted by Crippen LogP contribution is 2.24. The van der Waals surface area contributed by atoms with Crippen molar-refractivity contribution in [2.75, 3.05) is 17.2 Å². The van der Waals surface area contributed by atoms with Crippen LogP contribution in [0, 0.1) is 13.8 Å². The fourth-order valence-corrected chi connectivity index (χ4v) is 3.67. The summed E-state index contributed by atoms with van der Waals surface area (Å²) in [6, 6.07) is 13.5. The highest BCUT2D eigenvalue weighted by molar-refractivity contribution is 7.13. The molecule has 3 amide bonds. The van der Waals surface area contributed by atoms with Crippen LogP contribution in [-0.2, 0) is 11.2 Å². The average molecular weight is 423 g/mol. The lowest BCUT2D eigenvalue weighted by atomic mass is 10.1. The highest BCUT2D eigenvalue weighted by Gasteiger charge is 2.08. The van der Waals surface area contributed by atoms with Gasteiger partial charge in [-0.15, -0.1) is 11.3 Å². The molecular formula is C23H26N4O2S. The lowest BCUT2D eigenvalue weighted by Crippen LogP contribution is -2.30. The van der Waals surface area contributed by atoms with E-state index in [4.69, 9.17) is 0 Å². The summed E-state index contributed by atoms with van der Waals surface area (Å²) in [5.41, 5.74) is 5.52. The predicted octanol–water partition coefficient (Wildman–Crippen LogP) is 5.14. The monoisotopic (exact) mass is 422 g/mol. The maximum atomic E-state index is 12.3. The molecule has 3 N–H and O–H groups in total. The number of thiazole rings is 1. The van der Waals surface area contributed by atoms with Crippen molar-refractivity contribution in [2.45, 2.75) is 33.6 Å². The predicted molar refractivity (Wildman–Crippen MR) is 123 cm³/mol. The molecule has 0 atom stereocenters. The summed E-state index contributed by atoms with van der Waals surface area (Å²) in [5.74, 6) is -0.0671. The molecule has 0 unspecified atom stereocenters. The van der Waals surface area contributed by atoms with Gasteiger partial charge in [-0.05, 0) is 31.5 Å². The van der Waals surface area contributed by atoms with Gasteiger partial charge in [0.1, 0.15) is 5.01 Å². The summed E-state index contributed by atoms with van der Waals surface area (Å²) in [6.45, 7) is 6.24. The molecule has 6 nitrogen and oxygen atoms in total. The topological polar surface area (TPSA) is 83.1 Å². The van der Waals surface area contributed by atoms with Gasteiger partial charge in [0.2, 0.25) is 5.91 Å². The number of benzene rings is 2. The average Bonchev–Trinajstić information content (AvgIpc) is 3.20. The second kappa shape index (κ2) is 10.0. The molecule has 3 aromatic rings. The molecule has 1 heterocycles. The molecule has 0 fully saturated rings. The number of urea groups is 1. The Kier molecular flexibility index (Phi) is 7.19. The van der Waals surface area contributed by atoms with Gasteiger partial charge in [-0.1, -0.05) is 42.8 Å². The summed E-state index contributed by atoms with van der Waals surface area (Å²) in [4.78, 5) is 28.5. The number of nitrogens with one attached hydrogen (secondary N) is 3. The van der Waals surface area contributed by atoms with Crippen LogP contribution in [0.2, 0.25) is 0 Å². The van der Waals surface area contributed by atoms with E-state index in [9.17, 15) is 9.59 Å². The highest BCUT2D eigenvalue weighted by atomic mass is 32.1. The minimum absolute atomic E-state index is 0.0671. The first-order valence-electron chi connectivity index (χ1n) is 9.91. The maximum absolute atomic E-state index is 12.3. The van der Waals surface area contributed by atoms with Gasteiger partial charge in [-0.3, -0.25) is 4.79 Å². The van der Waals surface area contributed by atoms with Gasteiger partial charge in [0.15, 0.2) is 0 Å². The molecule has 0 radical (unpaired) electrons. The van der Waals surface area contributed by atoms with Gasteiger partial charge in [0, 0.05) is 41.7 Å². The minimum Gasteiger partial charge on any atom is -0.337 e. The number of rotatable bonds is 7. The molecule has 0 aliphatic heterocycles. The molecule has 0 saturated carbocycles. The van der Waals surface area contributed by atoms with Gasteiger partial charge in [0.05, 0.1) is 5.69 Å². The number of amides is 3. The summed E-state index contributed by atoms with van der Waals surface area (Å²) in [6.07, 6.45) is 1.06. The SMILES string of the molecule is CCC(=O)Nc1ccc(C)c(NC(=O)NCCc2csc(-c3ccc(C)cc3)n2)c1. The Bertz CT molecular complexity index is 1030. The molecular weight excluding hydrogens is 396 g/mol. The summed E-state index contributed by atoms with van der Waals surface area (Å²) < 4.78 is 0. The third-order valence-electron chi connectivity index (χ3n) is 4.61. The molecule has 156 valence electrons. The Morgan fingerprint density at radius 1 is 1.03 bits per heavy atom. The molecule has 0 aliphatic carbocycles. The van der Waals surface area contributed by atoms with Crippen LogP contribution in [0.3, 0.4) is 0 Å². The zero-order valence-electron chi connectivity index (χ0n) is 17.4. The maximum Gasteiger partial charge on any atom is 0.319 e. The first kappa shape index (κ1) is 21.5. The van der Waals surface area contributed by atoms with Crippen LogP contribution < -0.4 is 16.0 Å². The van der Waals surface area contributed by atoms with E-state index in [1.807, 2.05) is 24.4 Å². The first-order chi connectivity index (χ1) is 14.4.